The summed E-state index contributed by atoms with van der Waals surface area (Å²) in [4.78, 5) is 9.35. The average molecular weight is 391 g/mol. The quantitative estimate of drug-likeness (QED) is 0.690. The van der Waals surface area contributed by atoms with Crippen LogP contribution in [0.15, 0.2) is 0 Å². The van der Waals surface area contributed by atoms with Gasteiger partial charge in [0, 0.05) is 20.3 Å². The average Bonchev–Trinajstić information content (AvgIpc) is 3.25. The van der Waals surface area contributed by atoms with E-state index in [9.17, 15) is 0 Å². The number of aromatic nitrogens is 2. The molecule has 1 saturated carbocycles. The number of nitrogens with one attached hydrogen (secondary N) is 1. The lowest BCUT2D eigenvalue weighted by atomic mass is 10.2. The number of anilines is 1. The van der Waals surface area contributed by atoms with Crippen molar-refractivity contribution in [1.82, 2.24) is 9.97 Å². The van der Waals surface area contributed by atoms with E-state index in [0.717, 1.165) is 27.5 Å². The summed E-state index contributed by atoms with van der Waals surface area (Å²) in [6.45, 7) is 6.10. The Balaban J connectivity index is 2.34. The van der Waals surface area contributed by atoms with Crippen molar-refractivity contribution in [2.75, 3.05) is 25.6 Å². The van der Waals surface area contributed by atoms with Crippen LogP contribution < -0.4 is 5.32 Å². The maximum Gasteiger partial charge on any atom is 0.160 e. The summed E-state index contributed by atoms with van der Waals surface area (Å²) in [5.74, 6) is 2.24. The number of nitrogens with zero attached hydrogens (tertiary/aromatic N) is 2. The fraction of sp³-hybridized carbons (Fsp3) is 0.714. The smallest absolute Gasteiger partial charge is 0.160 e. The summed E-state index contributed by atoms with van der Waals surface area (Å²) in [5.41, 5.74) is 0.930. The van der Waals surface area contributed by atoms with Crippen LogP contribution in [0.2, 0.25) is 0 Å². The predicted molar refractivity (Wildman–Crippen MR) is 86.7 cm³/mol. The van der Waals surface area contributed by atoms with Gasteiger partial charge in [-0.2, -0.15) is 0 Å². The van der Waals surface area contributed by atoms with E-state index in [2.05, 4.69) is 44.8 Å². The number of hydrogen-bond donors (Lipinski definition) is 1. The lowest BCUT2D eigenvalue weighted by Gasteiger charge is -2.18. The monoisotopic (exact) mass is 391 g/mol. The lowest BCUT2D eigenvalue weighted by molar-refractivity contribution is 0.0396. The molecule has 1 aliphatic rings. The third-order valence-corrected chi connectivity index (χ3v) is 4.35. The van der Waals surface area contributed by atoms with Crippen LogP contribution in [0.1, 0.15) is 44.3 Å². The van der Waals surface area contributed by atoms with E-state index in [1.54, 1.807) is 7.11 Å². The fourth-order valence-electron chi connectivity index (χ4n) is 2.16. The molecule has 1 aromatic heterocycles. The predicted octanol–water partition coefficient (Wildman–Crippen LogP) is 3.15. The van der Waals surface area contributed by atoms with Gasteiger partial charge in [0.2, 0.25) is 0 Å². The van der Waals surface area contributed by atoms with E-state index in [-0.39, 0.29) is 6.10 Å². The molecule has 6 heteroatoms. The van der Waals surface area contributed by atoms with Gasteiger partial charge in [-0.25, -0.2) is 9.97 Å². The Morgan fingerprint density at radius 3 is 2.65 bits per heavy atom. The highest BCUT2D eigenvalue weighted by Gasteiger charge is 2.35. The first-order valence-corrected chi connectivity index (χ1v) is 8.19. The van der Waals surface area contributed by atoms with Crippen molar-refractivity contribution in [3.63, 3.8) is 0 Å². The van der Waals surface area contributed by atoms with E-state index < -0.39 is 0 Å². The Morgan fingerprint density at radius 1 is 1.35 bits per heavy atom. The van der Waals surface area contributed by atoms with Gasteiger partial charge in [-0.3, -0.25) is 0 Å². The maximum atomic E-state index is 5.86. The Labute approximate surface area is 134 Å². The molecule has 1 fully saturated rings. The van der Waals surface area contributed by atoms with Gasteiger partial charge in [0.15, 0.2) is 5.82 Å². The molecule has 0 radical (unpaired) electrons. The zero-order valence-electron chi connectivity index (χ0n) is 12.3. The van der Waals surface area contributed by atoms with Crippen LogP contribution in [-0.2, 0) is 16.1 Å². The summed E-state index contributed by atoms with van der Waals surface area (Å²) in [6, 6.07) is 0. The number of hydrogen-bond acceptors (Lipinski definition) is 5. The number of rotatable bonds is 8. The molecule has 1 heterocycles. The van der Waals surface area contributed by atoms with Crippen molar-refractivity contribution in [2.24, 2.45) is 5.92 Å². The van der Waals surface area contributed by atoms with Crippen molar-refractivity contribution in [3.8, 4) is 0 Å². The Kier molecular flexibility index (Phi) is 5.98. The molecule has 0 aromatic carbocycles. The first-order valence-electron chi connectivity index (χ1n) is 7.11. The molecule has 1 N–H and O–H groups in total. The van der Waals surface area contributed by atoms with Gasteiger partial charge in [-0.15, -0.1) is 0 Å². The van der Waals surface area contributed by atoms with Crippen LogP contribution in [0.4, 0.5) is 5.82 Å². The first kappa shape index (κ1) is 15.9. The Hall–Kier alpha value is -0.470. The van der Waals surface area contributed by atoms with Gasteiger partial charge in [-0.1, -0.05) is 0 Å². The van der Waals surface area contributed by atoms with Crippen molar-refractivity contribution in [3.05, 3.63) is 15.1 Å². The topological polar surface area (TPSA) is 56.3 Å². The van der Waals surface area contributed by atoms with E-state index in [4.69, 9.17) is 9.47 Å². The molecule has 1 unspecified atom stereocenters. The van der Waals surface area contributed by atoms with Gasteiger partial charge >= 0.3 is 0 Å². The lowest BCUT2D eigenvalue weighted by Crippen LogP contribution is -2.16. The molecular formula is C14H22IN3O2. The molecule has 5 nitrogen and oxygen atoms in total. The third-order valence-electron chi connectivity index (χ3n) is 3.21. The minimum absolute atomic E-state index is 0.0185. The molecule has 20 heavy (non-hydrogen) atoms. The van der Waals surface area contributed by atoms with Crippen molar-refractivity contribution in [1.29, 1.82) is 0 Å². The van der Waals surface area contributed by atoms with Gasteiger partial charge in [0.1, 0.15) is 11.9 Å². The van der Waals surface area contributed by atoms with Crippen LogP contribution in [0.5, 0.6) is 0 Å². The molecule has 0 bridgehead atoms. The van der Waals surface area contributed by atoms with Crippen molar-refractivity contribution < 1.29 is 9.47 Å². The second kappa shape index (κ2) is 7.51. The highest BCUT2D eigenvalue weighted by atomic mass is 127. The summed E-state index contributed by atoms with van der Waals surface area (Å²) in [5, 5.41) is 3.30. The van der Waals surface area contributed by atoms with Crippen LogP contribution >= 0.6 is 22.6 Å². The second-order valence-electron chi connectivity index (χ2n) is 4.87. The van der Waals surface area contributed by atoms with E-state index in [1.807, 2.05) is 6.92 Å². The second-order valence-corrected chi connectivity index (χ2v) is 5.95. The summed E-state index contributed by atoms with van der Waals surface area (Å²) in [6.07, 6.45) is 2.43. The first-order chi connectivity index (χ1) is 9.71. The Morgan fingerprint density at radius 2 is 2.10 bits per heavy atom. The minimum atomic E-state index is 0.0185. The zero-order valence-corrected chi connectivity index (χ0v) is 14.4. The molecule has 0 saturated heterocycles. The van der Waals surface area contributed by atoms with Crippen LogP contribution in [0.25, 0.3) is 0 Å². The standard InChI is InChI=1S/C14H22IN3O2/c1-4-16-13-11(15)10(8-19-3)17-14(18-13)12(20-5-2)9-6-7-9/h9,12H,4-8H2,1-3H3,(H,16,17,18). The van der Waals surface area contributed by atoms with Crippen LogP contribution in [0.3, 0.4) is 0 Å². The van der Waals surface area contributed by atoms with E-state index in [1.165, 1.54) is 12.8 Å². The van der Waals surface area contributed by atoms with Gasteiger partial charge in [0.25, 0.3) is 0 Å². The third kappa shape index (κ3) is 3.79. The van der Waals surface area contributed by atoms with Gasteiger partial charge in [0.05, 0.1) is 15.9 Å². The SMILES string of the molecule is CCNc1nc(C(OCC)C2CC2)nc(COC)c1I. The number of halogens is 1. The molecule has 1 aromatic rings. The normalized spacial score (nSPS) is 16.2. The molecule has 0 aliphatic heterocycles. The van der Waals surface area contributed by atoms with Crippen molar-refractivity contribution in [2.45, 2.75) is 39.4 Å². The molecule has 2 rings (SSSR count). The highest BCUT2D eigenvalue weighted by molar-refractivity contribution is 14.1. The molecular weight excluding hydrogens is 369 g/mol. The minimum Gasteiger partial charge on any atom is -0.378 e. The van der Waals surface area contributed by atoms with E-state index in [0.29, 0.717) is 19.1 Å². The zero-order chi connectivity index (χ0) is 14.5. The van der Waals surface area contributed by atoms with Crippen LogP contribution in [0, 0.1) is 9.49 Å². The van der Waals surface area contributed by atoms with Gasteiger partial charge < -0.3 is 14.8 Å². The number of methoxy groups -OCH3 is 1. The molecule has 1 atom stereocenters. The fourth-order valence-corrected chi connectivity index (χ4v) is 2.74. The largest absolute Gasteiger partial charge is 0.378 e. The summed E-state index contributed by atoms with van der Waals surface area (Å²) < 4.78 is 12.1. The number of ether oxygens (including phenoxy) is 2. The highest BCUT2D eigenvalue weighted by Crippen LogP contribution is 2.42. The van der Waals surface area contributed by atoms with Gasteiger partial charge in [-0.05, 0) is 55.2 Å². The summed E-state index contributed by atoms with van der Waals surface area (Å²) >= 11 is 2.27. The molecule has 0 spiro atoms. The van der Waals surface area contributed by atoms with Crippen molar-refractivity contribution >= 4 is 28.4 Å². The maximum absolute atomic E-state index is 5.86. The van der Waals surface area contributed by atoms with Crippen LogP contribution in [-0.4, -0.2) is 30.2 Å². The van der Waals surface area contributed by atoms with E-state index >= 15 is 0 Å². The molecule has 112 valence electrons. The summed E-state index contributed by atoms with van der Waals surface area (Å²) in [7, 11) is 1.69. The molecule has 1 aliphatic carbocycles. The Bertz CT molecular complexity index is 425. The molecule has 0 amide bonds.